The fraction of sp³-hybridized carbons (Fsp3) is 0.364. The quantitative estimate of drug-likeness (QED) is 0.746. The summed E-state index contributed by atoms with van der Waals surface area (Å²) in [5.74, 6) is -0.392. The highest BCUT2D eigenvalue weighted by molar-refractivity contribution is 6.05. The van der Waals surface area contributed by atoms with Gasteiger partial charge in [0.15, 0.2) is 0 Å². The highest BCUT2D eigenvalue weighted by atomic mass is 19.1. The fourth-order valence-corrected chi connectivity index (χ4v) is 4.02. The Morgan fingerprint density at radius 2 is 1.57 bits per heavy atom. The predicted molar refractivity (Wildman–Crippen MR) is 105 cm³/mol. The normalized spacial score (nSPS) is 20.8. The smallest absolute Gasteiger partial charge is 0.247 e. The molecule has 2 heterocycles. The van der Waals surface area contributed by atoms with Gasteiger partial charge in [-0.2, -0.15) is 0 Å². The fourth-order valence-electron chi connectivity index (χ4n) is 4.02. The average molecular weight is 381 g/mol. The Labute approximate surface area is 164 Å². The van der Waals surface area contributed by atoms with Crippen LogP contribution in [-0.2, 0) is 16.0 Å². The highest BCUT2D eigenvalue weighted by Gasteiger charge is 2.42. The van der Waals surface area contributed by atoms with Crippen molar-refractivity contribution in [2.45, 2.75) is 18.9 Å². The zero-order chi connectivity index (χ0) is 19.5. The van der Waals surface area contributed by atoms with Crippen LogP contribution in [0.4, 0.5) is 10.1 Å². The molecule has 2 aromatic rings. The van der Waals surface area contributed by atoms with Gasteiger partial charge in [-0.05, 0) is 36.2 Å². The Bertz CT molecular complexity index is 833. The number of carbonyl (C=O) groups excluding carboxylic acids is 2. The van der Waals surface area contributed by atoms with Crippen molar-refractivity contribution in [2.75, 3.05) is 37.6 Å². The Morgan fingerprint density at radius 1 is 0.893 bits per heavy atom. The van der Waals surface area contributed by atoms with Crippen LogP contribution in [0.25, 0.3) is 0 Å². The summed E-state index contributed by atoms with van der Waals surface area (Å²) in [5, 5.41) is 0. The number of rotatable bonds is 5. The van der Waals surface area contributed by atoms with Crippen molar-refractivity contribution in [3.05, 3.63) is 66.0 Å². The van der Waals surface area contributed by atoms with E-state index in [4.69, 9.17) is 0 Å². The van der Waals surface area contributed by atoms with Gasteiger partial charge in [0.05, 0.1) is 12.5 Å². The molecule has 4 rings (SSSR count). The Balaban J connectivity index is 1.33. The first-order chi connectivity index (χ1) is 13.6. The molecule has 0 N–H and O–H groups in total. The van der Waals surface area contributed by atoms with Crippen LogP contribution >= 0.6 is 0 Å². The highest BCUT2D eigenvalue weighted by Crippen LogP contribution is 2.23. The van der Waals surface area contributed by atoms with Crippen molar-refractivity contribution in [2.24, 2.45) is 0 Å². The third-order valence-corrected chi connectivity index (χ3v) is 5.63. The summed E-state index contributed by atoms with van der Waals surface area (Å²) in [6, 6.07) is 16.0. The number of halogens is 1. The molecule has 2 aromatic carbocycles. The van der Waals surface area contributed by atoms with E-state index < -0.39 is 0 Å². The average Bonchev–Trinajstić information content (AvgIpc) is 3.01. The largest absolute Gasteiger partial charge is 0.369 e. The van der Waals surface area contributed by atoms with Gasteiger partial charge in [0.1, 0.15) is 5.82 Å². The molecular formula is C22H24FN3O2. The van der Waals surface area contributed by atoms with E-state index >= 15 is 0 Å². The van der Waals surface area contributed by atoms with Crippen molar-refractivity contribution < 1.29 is 14.0 Å². The molecule has 5 nitrogen and oxygen atoms in total. The van der Waals surface area contributed by atoms with Gasteiger partial charge >= 0.3 is 0 Å². The van der Waals surface area contributed by atoms with E-state index in [9.17, 15) is 14.0 Å². The van der Waals surface area contributed by atoms with Gasteiger partial charge in [-0.1, -0.05) is 30.3 Å². The maximum Gasteiger partial charge on any atom is 0.247 e. The molecular weight excluding hydrogens is 357 g/mol. The molecule has 28 heavy (non-hydrogen) atoms. The molecule has 2 aliphatic heterocycles. The van der Waals surface area contributed by atoms with Gasteiger partial charge in [-0.25, -0.2) is 4.39 Å². The first-order valence-electron chi connectivity index (χ1n) is 9.74. The standard InChI is InChI=1S/C22H24FN3O2/c23-18-6-8-19(9-7-18)24-12-14-25(15-13-24)20-16-21(27)26(22(20)28)11-10-17-4-2-1-3-5-17/h1-9,20H,10-16H2/t20-/m0/s1. The molecule has 2 fully saturated rings. The minimum Gasteiger partial charge on any atom is -0.369 e. The molecule has 0 saturated carbocycles. The van der Waals surface area contributed by atoms with E-state index in [0.29, 0.717) is 26.1 Å². The summed E-state index contributed by atoms with van der Waals surface area (Å²) in [7, 11) is 0. The minimum absolute atomic E-state index is 0.0730. The Morgan fingerprint density at radius 3 is 2.25 bits per heavy atom. The maximum atomic E-state index is 13.1. The van der Waals surface area contributed by atoms with Gasteiger partial charge in [-0.3, -0.25) is 19.4 Å². The summed E-state index contributed by atoms with van der Waals surface area (Å²) >= 11 is 0. The summed E-state index contributed by atoms with van der Waals surface area (Å²) < 4.78 is 13.1. The summed E-state index contributed by atoms with van der Waals surface area (Å²) in [6.45, 7) is 3.39. The molecule has 146 valence electrons. The number of imide groups is 1. The number of piperazine rings is 1. The van der Waals surface area contributed by atoms with Crippen molar-refractivity contribution in [3.8, 4) is 0 Å². The van der Waals surface area contributed by atoms with E-state index in [1.807, 2.05) is 30.3 Å². The lowest BCUT2D eigenvalue weighted by atomic mass is 10.1. The lowest BCUT2D eigenvalue weighted by Gasteiger charge is -2.38. The van der Waals surface area contributed by atoms with Crippen LogP contribution < -0.4 is 4.90 Å². The second-order valence-corrected chi connectivity index (χ2v) is 7.34. The second-order valence-electron chi connectivity index (χ2n) is 7.34. The molecule has 0 aromatic heterocycles. The molecule has 2 amide bonds. The molecule has 0 unspecified atom stereocenters. The minimum atomic E-state index is -0.348. The van der Waals surface area contributed by atoms with E-state index in [1.54, 1.807) is 12.1 Å². The number of nitrogens with zero attached hydrogens (tertiary/aromatic N) is 3. The predicted octanol–water partition coefficient (Wildman–Crippen LogP) is 2.32. The molecule has 0 bridgehead atoms. The van der Waals surface area contributed by atoms with Crippen LogP contribution in [0.3, 0.4) is 0 Å². The topological polar surface area (TPSA) is 43.9 Å². The first kappa shape index (κ1) is 18.6. The van der Waals surface area contributed by atoms with Crippen molar-refractivity contribution in [1.29, 1.82) is 0 Å². The van der Waals surface area contributed by atoms with E-state index in [1.165, 1.54) is 17.0 Å². The van der Waals surface area contributed by atoms with Gasteiger partial charge in [-0.15, -0.1) is 0 Å². The maximum absolute atomic E-state index is 13.1. The second kappa shape index (κ2) is 8.10. The van der Waals surface area contributed by atoms with Crippen molar-refractivity contribution >= 4 is 17.5 Å². The molecule has 2 saturated heterocycles. The monoisotopic (exact) mass is 381 g/mol. The Kier molecular flexibility index (Phi) is 5.39. The molecule has 1 atom stereocenters. The van der Waals surface area contributed by atoms with Gasteiger partial charge < -0.3 is 4.90 Å². The number of likely N-dealkylation sites (tertiary alicyclic amines) is 1. The lowest BCUT2D eigenvalue weighted by Crippen LogP contribution is -2.52. The summed E-state index contributed by atoms with van der Waals surface area (Å²) in [4.78, 5) is 31.0. The number of anilines is 1. The number of hydrogen-bond acceptors (Lipinski definition) is 4. The van der Waals surface area contributed by atoms with E-state index in [2.05, 4.69) is 9.80 Å². The molecule has 6 heteroatoms. The summed E-state index contributed by atoms with van der Waals surface area (Å²) in [6.07, 6.45) is 0.952. The number of hydrogen-bond donors (Lipinski definition) is 0. The van der Waals surface area contributed by atoms with Gasteiger partial charge in [0.25, 0.3) is 0 Å². The van der Waals surface area contributed by atoms with E-state index in [-0.39, 0.29) is 30.1 Å². The zero-order valence-electron chi connectivity index (χ0n) is 15.8. The van der Waals surface area contributed by atoms with Gasteiger partial charge in [0.2, 0.25) is 11.8 Å². The number of benzene rings is 2. The number of amides is 2. The van der Waals surface area contributed by atoms with Crippen LogP contribution in [0.15, 0.2) is 54.6 Å². The SMILES string of the molecule is O=C1C[C@H](N2CCN(c3ccc(F)cc3)CC2)C(=O)N1CCc1ccccc1. The zero-order valence-corrected chi connectivity index (χ0v) is 15.8. The first-order valence-corrected chi connectivity index (χ1v) is 9.74. The van der Waals surface area contributed by atoms with Crippen molar-refractivity contribution in [1.82, 2.24) is 9.80 Å². The Hall–Kier alpha value is -2.73. The third kappa shape index (κ3) is 3.92. The van der Waals surface area contributed by atoms with Crippen LogP contribution in [0, 0.1) is 5.82 Å². The van der Waals surface area contributed by atoms with Crippen LogP contribution in [0.2, 0.25) is 0 Å². The van der Waals surface area contributed by atoms with Crippen LogP contribution in [0.1, 0.15) is 12.0 Å². The van der Waals surface area contributed by atoms with Crippen molar-refractivity contribution in [3.63, 3.8) is 0 Å². The number of carbonyl (C=O) groups is 2. The van der Waals surface area contributed by atoms with E-state index in [0.717, 1.165) is 24.3 Å². The third-order valence-electron chi connectivity index (χ3n) is 5.63. The lowest BCUT2D eigenvalue weighted by molar-refractivity contribution is -0.139. The molecule has 0 radical (unpaired) electrons. The van der Waals surface area contributed by atoms with Crippen LogP contribution in [-0.4, -0.2) is 60.4 Å². The summed E-state index contributed by atoms with van der Waals surface area (Å²) in [5.41, 5.74) is 2.11. The van der Waals surface area contributed by atoms with Gasteiger partial charge in [0, 0.05) is 38.4 Å². The molecule has 2 aliphatic rings. The van der Waals surface area contributed by atoms with Crippen LogP contribution in [0.5, 0.6) is 0 Å². The molecule has 0 spiro atoms. The molecule has 0 aliphatic carbocycles.